The molecule has 2 aromatic rings. The Hall–Kier alpha value is -0.360. The molecule has 1 nitrogen and oxygen atoms in total. The van der Waals surface area contributed by atoms with Gasteiger partial charge in [0.05, 0.1) is 0 Å². The lowest BCUT2D eigenvalue weighted by molar-refractivity contribution is 0.594. The van der Waals surface area contributed by atoms with Crippen molar-refractivity contribution in [3.63, 3.8) is 0 Å². The van der Waals surface area contributed by atoms with Gasteiger partial charge in [0.25, 0.3) is 0 Å². The van der Waals surface area contributed by atoms with Crippen molar-refractivity contribution in [1.29, 1.82) is 0 Å². The predicted octanol–water partition coefficient (Wildman–Crippen LogP) is 4.68. The van der Waals surface area contributed by atoms with Crippen LogP contribution >= 0.6 is 39.0 Å². The molecule has 20 heavy (non-hydrogen) atoms. The second kappa shape index (κ2) is 6.18. The van der Waals surface area contributed by atoms with E-state index in [2.05, 4.69) is 22.0 Å². The van der Waals surface area contributed by atoms with Crippen molar-refractivity contribution in [1.82, 2.24) is 0 Å². The summed E-state index contributed by atoms with van der Waals surface area (Å²) >= 11 is 7.05. The Morgan fingerprint density at radius 3 is 2.95 bits per heavy atom. The van der Waals surface area contributed by atoms with Gasteiger partial charge in [-0.05, 0) is 47.9 Å². The smallest absolute Gasteiger partial charge is 0.127 e. The van der Waals surface area contributed by atoms with Gasteiger partial charge in [0.15, 0.2) is 0 Å². The molecule has 0 fully saturated rings. The number of hydrogen-bond acceptors (Lipinski definition) is 3. The first-order chi connectivity index (χ1) is 9.63. The maximum Gasteiger partial charge on any atom is 0.127 e. The third-order valence-electron chi connectivity index (χ3n) is 3.47. The quantitative estimate of drug-likeness (QED) is 0.847. The van der Waals surface area contributed by atoms with Crippen LogP contribution in [0.5, 0.6) is 0 Å². The van der Waals surface area contributed by atoms with Crippen LogP contribution in [-0.2, 0) is 18.6 Å². The number of halogens is 2. The molecule has 3 rings (SSSR count). The Bertz CT molecular complexity index is 603. The minimum atomic E-state index is -0.188. The van der Waals surface area contributed by atoms with Crippen molar-refractivity contribution >= 4 is 39.0 Å². The Morgan fingerprint density at radius 1 is 1.35 bits per heavy atom. The fraction of sp³-hybridized carbons (Fsp3) is 0.333. The van der Waals surface area contributed by atoms with Crippen molar-refractivity contribution in [2.75, 3.05) is 5.75 Å². The van der Waals surface area contributed by atoms with E-state index in [0.717, 1.165) is 16.6 Å². The first-order valence-corrected chi connectivity index (χ1v) is 9.28. The SMILES string of the molecule is NC(Cc1ccc(Br)cc1F)c1cc2c(s1)CCSC2. The fourth-order valence-corrected chi connectivity index (χ4v) is 5.09. The third kappa shape index (κ3) is 3.11. The molecule has 1 aromatic carbocycles. The molecule has 2 N–H and O–H groups in total. The van der Waals surface area contributed by atoms with E-state index in [0.29, 0.717) is 12.0 Å². The summed E-state index contributed by atoms with van der Waals surface area (Å²) in [5.41, 5.74) is 8.38. The lowest BCUT2D eigenvalue weighted by atomic mass is 10.0. The van der Waals surface area contributed by atoms with Gasteiger partial charge in [-0.15, -0.1) is 11.3 Å². The molecule has 0 saturated heterocycles. The van der Waals surface area contributed by atoms with Gasteiger partial charge >= 0.3 is 0 Å². The van der Waals surface area contributed by atoms with E-state index in [-0.39, 0.29) is 11.9 Å². The molecule has 1 unspecified atom stereocenters. The van der Waals surface area contributed by atoms with Gasteiger partial charge in [0.1, 0.15) is 5.82 Å². The van der Waals surface area contributed by atoms with E-state index in [9.17, 15) is 4.39 Å². The van der Waals surface area contributed by atoms with Crippen LogP contribution in [0.25, 0.3) is 0 Å². The zero-order chi connectivity index (χ0) is 14.1. The molecule has 0 radical (unpaired) electrons. The van der Waals surface area contributed by atoms with E-state index in [1.165, 1.54) is 27.1 Å². The molecule has 5 heteroatoms. The summed E-state index contributed by atoms with van der Waals surface area (Å²) < 4.78 is 14.6. The summed E-state index contributed by atoms with van der Waals surface area (Å²) in [5, 5.41) is 0. The van der Waals surface area contributed by atoms with Crippen LogP contribution in [0.2, 0.25) is 0 Å². The number of nitrogens with two attached hydrogens (primary N) is 1. The number of hydrogen-bond donors (Lipinski definition) is 1. The molecule has 106 valence electrons. The molecule has 0 saturated carbocycles. The first kappa shape index (κ1) is 14.6. The lowest BCUT2D eigenvalue weighted by Crippen LogP contribution is -2.12. The van der Waals surface area contributed by atoms with Crippen LogP contribution in [0.3, 0.4) is 0 Å². The van der Waals surface area contributed by atoms with Crippen LogP contribution in [0, 0.1) is 5.82 Å². The fourth-order valence-electron chi connectivity index (χ4n) is 2.38. The molecular formula is C15H15BrFNS2. The molecule has 1 aromatic heterocycles. The lowest BCUT2D eigenvalue weighted by Gasteiger charge is -2.10. The van der Waals surface area contributed by atoms with Crippen molar-refractivity contribution in [2.24, 2.45) is 5.73 Å². The molecular weight excluding hydrogens is 357 g/mol. The minimum absolute atomic E-state index is 0.119. The number of thioether (sulfide) groups is 1. The number of thiophene rings is 1. The maximum atomic E-state index is 13.9. The summed E-state index contributed by atoms with van der Waals surface area (Å²) in [4.78, 5) is 2.64. The average Bonchev–Trinajstić information content (AvgIpc) is 2.86. The summed E-state index contributed by atoms with van der Waals surface area (Å²) in [6, 6.07) is 7.27. The van der Waals surface area contributed by atoms with Crippen molar-refractivity contribution < 1.29 is 4.39 Å². The monoisotopic (exact) mass is 371 g/mol. The van der Waals surface area contributed by atoms with E-state index in [1.807, 2.05) is 23.9 Å². The average molecular weight is 372 g/mol. The minimum Gasteiger partial charge on any atom is -0.323 e. The molecule has 0 aliphatic carbocycles. The van der Waals surface area contributed by atoms with Crippen LogP contribution in [-0.4, -0.2) is 5.75 Å². The number of fused-ring (bicyclic) bond motifs is 1. The zero-order valence-corrected chi connectivity index (χ0v) is 14.1. The summed E-state index contributed by atoms with van der Waals surface area (Å²) in [5.74, 6) is 2.10. The van der Waals surface area contributed by atoms with E-state index < -0.39 is 0 Å². The Balaban J connectivity index is 1.78. The van der Waals surface area contributed by atoms with E-state index in [1.54, 1.807) is 11.3 Å². The van der Waals surface area contributed by atoms with Crippen molar-refractivity contribution in [2.45, 2.75) is 24.6 Å². The van der Waals surface area contributed by atoms with E-state index >= 15 is 0 Å². The highest BCUT2D eigenvalue weighted by atomic mass is 79.9. The number of aryl methyl sites for hydroxylation is 1. The molecule has 0 bridgehead atoms. The van der Waals surface area contributed by atoms with Gasteiger partial charge in [-0.2, -0.15) is 11.8 Å². The normalized spacial score (nSPS) is 15.9. The second-order valence-corrected chi connectivity index (χ2v) is 8.14. The standard InChI is InChI=1S/C15H15BrFNS2/c16-11-2-1-9(12(17)7-11)5-13(18)15-6-10-8-19-4-3-14(10)20-15/h1-2,6-7,13H,3-5,8,18H2. The summed E-state index contributed by atoms with van der Waals surface area (Å²) in [7, 11) is 0. The van der Waals surface area contributed by atoms with Crippen LogP contribution in [0.1, 0.15) is 26.9 Å². The van der Waals surface area contributed by atoms with Gasteiger partial charge in [-0.3, -0.25) is 0 Å². The highest BCUT2D eigenvalue weighted by molar-refractivity contribution is 9.10. The second-order valence-electron chi connectivity index (χ2n) is 4.95. The summed E-state index contributed by atoms with van der Waals surface area (Å²) in [6.07, 6.45) is 1.69. The third-order valence-corrected chi connectivity index (χ3v) is 6.34. The Kier molecular flexibility index (Phi) is 4.50. The van der Waals surface area contributed by atoms with Gasteiger partial charge in [-0.1, -0.05) is 22.0 Å². The first-order valence-electron chi connectivity index (χ1n) is 6.52. The number of benzene rings is 1. The molecule has 1 aliphatic heterocycles. The summed E-state index contributed by atoms with van der Waals surface area (Å²) in [6.45, 7) is 0. The Labute approximate surface area is 134 Å². The largest absolute Gasteiger partial charge is 0.323 e. The van der Waals surface area contributed by atoms with Crippen LogP contribution < -0.4 is 5.73 Å². The highest BCUT2D eigenvalue weighted by Gasteiger charge is 2.18. The molecule has 1 atom stereocenters. The van der Waals surface area contributed by atoms with Gasteiger partial charge in [0, 0.05) is 26.0 Å². The Morgan fingerprint density at radius 2 is 2.20 bits per heavy atom. The van der Waals surface area contributed by atoms with Crippen LogP contribution in [0.15, 0.2) is 28.7 Å². The predicted molar refractivity (Wildman–Crippen MR) is 88.9 cm³/mol. The molecule has 0 spiro atoms. The van der Waals surface area contributed by atoms with Crippen molar-refractivity contribution in [3.8, 4) is 0 Å². The topological polar surface area (TPSA) is 26.0 Å². The molecule has 2 heterocycles. The molecule has 1 aliphatic rings. The molecule has 0 amide bonds. The highest BCUT2D eigenvalue weighted by Crippen LogP contribution is 2.35. The maximum absolute atomic E-state index is 13.9. The zero-order valence-electron chi connectivity index (χ0n) is 10.9. The number of rotatable bonds is 3. The van der Waals surface area contributed by atoms with Crippen molar-refractivity contribution in [3.05, 3.63) is 55.4 Å². The van der Waals surface area contributed by atoms with E-state index in [4.69, 9.17) is 5.73 Å². The van der Waals surface area contributed by atoms with Crippen LogP contribution in [0.4, 0.5) is 4.39 Å². The van der Waals surface area contributed by atoms with Gasteiger partial charge < -0.3 is 5.73 Å². The van der Waals surface area contributed by atoms with Gasteiger partial charge in [-0.25, -0.2) is 4.39 Å². The van der Waals surface area contributed by atoms with Gasteiger partial charge in [0.2, 0.25) is 0 Å².